The van der Waals surface area contributed by atoms with Crippen molar-refractivity contribution in [2.24, 2.45) is 34.5 Å². The van der Waals surface area contributed by atoms with Crippen LogP contribution in [0.3, 0.4) is 0 Å². The van der Waals surface area contributed by atoms with Gasteiger partial charge in [0.1, 0.15) is 0 Å². The van der Waals surface area contributed by atoms with Crippen molar-refractivity contribution in [1.29, 1.82) is 0 Å². The van der Waals surface area contributed by atoms with Gasteiger partial charge in [0.25, 0.3) is 0 Å². The van der Waals surface area contributed by atoms with Crippen LogP contribution < -0.4 is 5.32 Å². The van der Waals surface area contributed by atoms with Gasteiger partial charge in [-0.1, -0.05) is 13.8 Å². The Kier molecular flexibility index (Phi) is 3.79. The zero-order valence-electron chi connectivity index (χ0n) is 14.8. The number of aliphatic hydroxyl groups excluding tert-OH is 1. The molecule has 8 unspecified atom stereocenters. The Morgan fingerprint density at radius 3 is 2.48 bits per heavy atom. The zero-order valence-corrected chi connectivity index (χ0v) is 14.8. The van der Waals surface area contributed by atoms with E-state index in [1.54, 1.807) is 0 Å². The van der Waals surface area contributed by atoms with E-state index in [0.29, 0.717) is 16.9 Å². The summed E-state index contributed by atoms with van der Waals surface area (Å²) in [5, 5.41) is 13.2. The van der Waals surface area contributed by atoms with Crippen LogP contribution in [0.25, 0.3) is 0 Å². The minimum absolute atomic E-state index is 0.0499. The molecule has 8 atom stereocenters. The third-order valence-electron chi connectivity index (χ3n) is 8.91. The van der Waals surface area contributed by atoms with Crippen LogP contribution in [0.4, 0.5) is 0 Å². The fraction of sp³-hybridized carbons (Fsp3) is 0.950. The van der Waals surface area contributed by atoms with Gasteiger partial charge in [-0.15, -0.1) is 0 Å². The maximum atomic E-state index is 11.0. The Balaban J connectivity index is 1.59. The van der Waals surface area contributed by atoms with E-state index in [1.165, 1.54) is 44.9 Å². The summed E-state index contributed by atoms with van der Waals surface area (Å²) in [6.07, 6.45) is 11.9. The Morgan fingerprint density at radius 2 is 1.70 bits per heavy atom. The van der Waals surface area contributed by atoms with Gasteiger partial charge in [-0.2, -0.15) is 0 Å². The smallest absolute Gasteiger partial charge is 0.207 e. The molecule has 23 heavy (non-hydrogen) atoms. The molecule has 3 heteroatoms. The number of carbonyl (C=O) groups excluding carboxylic acids is 1. The standard InChI is InChI=1S/C20H33NO2/c1-19-9-7-14(23)11-13(19)3-4-15-16-5-6-18(21-12-22)20(16,2)10-8-17(15)19/h12-18,23H,3-11H2,1-2H3,(H,21,22). The van der Waals surface area contributed by atoms with Crippen molar-refractivity contribution < 1.29 is 9.90 Å². The fourth-order valence-corrected chi connectivity index (χ4v) is 7.59. The normalized spacial score (nSPS) is 55.4. The molecule has 0 aliphatic heterocycles. The predicted octanol–water partition coefficient (Wildman–Crippen LogP) is 3.50. The SMILES string of the molecule is CC12CCC(O)CC1CCC1C2CCC2(C)C(NC=O)CCC12. The average Bonchev–Trinajstić information content (AvgIpc) is 2.85. The first-order valence-electron chi connectivity index (χ1n) is 9.87. The van der Waals surface area contributed by atoms with Crippen LogP contribution in [0.15, 0.2) is 0 Å². The molecule has 0 bridgehead atoms. The summed E-state index contributed by atoms with van der Waals surface area (Å²) in [6.45, 7) is 4.99. The van der Waals surface area contributed by atoms with Gasteiger partial charge in [0, 0.05) is 6.04 Å². The molecule has 0 heterocycles. The van der Waals surface area contributed by atoms with Crippen LogP contribution in [0.1, 0.15) is 71.6 Å². The van der Waals surface area contributed by atoms with E-state index in [1.807, 2.05) is 0 Å². The molecule has 130 valence electrons. The quantitative estimate of drug-likeness (QED) is 0.765. The van der Waals surface area contributed by atoms with Crippen molar-refractivity contribution in [1.82, 2.24) is 5.32 Å². The summed E-state index contributed by atoms with van der Waals surface area (Å²) in [5.74, 6) is 3.23. The van der Waals surface area contributed by atoms with Gasteiger partial charge in [-0.3, -0.25) is 4.79 Å². The Labute approximate surface area is 140 Å². The Bertz CT molecular complexity index is 480. The molecule has 3 nitrogen and oxygen atoms in total. The molecule has 0 aromatic heterocycles. The average molecular weight is 319 g/mol. The highest BCUT2D eigenvalue weighted by atomic mass is 16.3. The van der Waals surface area contributed by atoms with Crippen LogP contribution in [0, 0.1) is 34.5 Å². The molecule has 4 aliphatic carbocycles. The third-order valence-corrected chi connectivity index (χ3v) is 8.91. The molecule has 2 N–H and O–H groups in total. The highest BCUT2D eigenvalue weighted by Crippen LogP contribution is 2.66. The Morgan fingerprint density at radius 1 is 0.957 bits per heavy atom. The first-order valence-corrected chi connectivity index (χ1v) is 9.87. The number of hydrogen-bond donors (Lipinski definition) is 2. The monoisotopic (exact) mass is 319 g/mol. The number of hydrogen-bond acceptors (Lipinski definition) is 2. The molecule has 0 aromatic carbocycles. The Hall–Kier alpha value is -0.570. The summed E-state index contributed by atoms with van der Waals surface area (Å²) in [6, 6.07) is 0.393. The van der Waals surface area contributed by atoms with Gasteiger partial charge >= 0.3 is 0 Å². The van der Waals surface area contributed by atoms with Gasteiger partial charge in [0.2, 0.25) is 6.41 Å². The lowest BCUT2D eigenvalue weighted by atomic mass is 9.45. The van der Waals surface area contributed by atoms with Crippen molar-refractivity contribution in [2.75, 3.05) is 0 Å². The topological polar surface area (TPSA) is 49.3 Å². The number of rotatable bonds is 2. The minimum atomic E-state index is -0.0499. The molecule has 4 fully saturated rings. The van der Waals surface area contributed by atoms with Gasteiger partial charge in [0.15, 0.2) is 0 Å². The maximum Gasteiger partial charge on any atom is 0.207 e. The van der Waals surface area contributed by atoms with Gasteiger partial charge in [0.05, 0.1) is 6.10 Å². The molecule has 0 spiro atoms. The largest absolute Gasteiger partial charge is 0.393 e. The van der Waals surface area contributed by atoms with Gasteiger partial charge < -0.3 is 10.4 Å². The van der Waals surface area contributed by atoms with Crippen molar-refractivity contribution in [2.45, 2.75) is 83.8 Å². The van der Waals surface area contributed by atoms with Crippen molar-refractivity contribution in [3.63, 3.8) is 0 Å². The molecular weight excluding hydrogens is 286 g/mol. The maximum absolute atomic E-state index is 11.0. The second-order valence-electron chi connectivity index (χ2n) is 9.54. The fourth-order valence-electron chi connectivity index (χ4n) is 7.59. The molecule has 0 saturated heterocycles. The lowest BCUT2D eigenvalue weighted by Crippen LogP contribution is -2.55. The molecule has 0 radical (unpaired) electrons. The summed E-state index contributed by atoms with van der Waals surface area (Å²) in [4.78, 5) is 11.0. The predicted molar refractivity (Wildman–Crippen MR) is 90.7 cm³/mol. The van der Waals surface area contributed by atoms with Crippen LogP contribution in [0.5, 0.6) is 0 Å². The second kappa shape index (κ2) is 5.47. The van der Waals surface area contributed by atoms with E-state index in [9.17, 15) is 9.90 Å². The highest BCUT2D eigenvalue weighted by molar-refractivity contribution is 5.47. The lowest BCUT2D eigenvalue weighted by molar-refractivity contribution is -0.126. The van der Waals surface area contributed by atoms with Crippen LogP contribution in [0.2, 0.25) is 0 Å². The summed E-state index contributed by atoms with van der Waals surface area (Å²) in [7, 11) is 0. The zero-order chi connectivity index (χ0) is 16.2. The first-order chi connectivity index (χ1) is 11.0. The van der Waals surface area contributed by atoms with Gasteiger partial charge in [-0.25, -0.2) is 0 Å². The highest BCUT2D eigenvalue weighted by Gasteiger charge is 2.60. The molecule has 4 aliphatic rings. The molecule has 0 aromatic rings. The molecule has 1 amide bonds. The first kappa shape index (κ1) is 15.9. The van der Waals surface area contributed by atoms with E-state index >= 15 is 0 Å². The van der Waals surface area contributed by atoms with Crippen molar-refractivity contribution in [3.05, 3.63) is 0 Å². The number of fused-ring (bicyclic) bond motifs is 5. The number of nitrogens with one attached hydrogen (secondary N) is 1. The number of aliphatic hydroxyl groups is 1. The summed E-state index contributed by atoms with van der Waals surface area (Å²) >= 11 is 0. The van der Waals surface area contributed by atoms with E-state index in [4.69, 9.17) is 0 Å². The molecule has 4 rings (SSSR count). The van der Waals surface area contributed by atoms with Crippen LogP contribution in [-0.2, 0) is 4.79 Å². The van der Waals surface area contributed by atoms with Crippen molar-refractivity contribution >= 4 is 6.41 Å². The van der Waals surface area contributed by atoms with Crippen molar-refractivity contribution in [3.8, 4) is 0 Å². The van der Waals surface area contributed by atoms with E-state index in [0.717, 1.165) is 42.9 Å². The molecule has 4 saturated carbocycles. The summed E-state index contributed by atoms with van der Waals surface area (Å²) < 4.78 is 0. The molecular formula is C20H33NO2. The van der Waals surface area contributed by atoms with E-state index in [2.05, 4.69) is 19.2 Å². The lowest BCUT2D eigenvalue weighted by Gasteiger charge is -2.60. The van der Waals surface area contributed by atoms with Gasteiger partial charge in [-0.05, 0) is 92.3 Å². The number of amides is 1. The van der Waals surface area contributed by atoms with E-state index < -0.39 is 0 Å². The van der Waals surface area contributed by atoms with Crippen LogP contribution >= 0.6 is 0 Å². The number of carbonyl (C=O) groups is 1. The third kappa shape index (κ3) is 2.22. The second-order valence-corrected chi connectivity index (χ2v) is 9.54. The van der Waals surface area contributed by atoms with Crippen LogP contribution in [-0.4, -0.2) is 23.7 Å². The van der Waals surface area contributed by atoms with E-state index in [-0.39, 0.29) is 6.10 Å². The minimum Gasteiger partial charge on any atom is -0.393 e. The summed E-state index contributed by atoms with van der Waals surface area (Å²) in [5.41, 5.74) is 0.777.